The van der Waals surface area contributed by atoms with Gasteiger partial charge >= 0.3 is 5.76 Å². The van der Waals surface area contributed by atoms with Crippen LogP contribution in [0.2, 0.25) is 0 Å². The van der Waals surface area contributed by atoms with E-state index >= 15 is 0 Å². The molecule has 3 rings (SSSR count). The van der Waals surface area contributed by atoms with Crippen LogP contribution < -0.4 is 5.76 Å². The maximum Gasteiger partial charge on any atom is 0.417 e. The number of oxazole rings is 1. The second kappa shape index (κ2) is 2.25. The Hall–Kier alpha value is -1.51. The van der Waals surface area contributed by atoms with Gasteiger partial charge in [-0.1, -0.05) is 6.07 Å². The summed E-state index contributed by atoms with van der Waals surface area (Å²) in [4.78, 5) is 13.7. The van der Waals surface area contributed by atoms with Crippen molar-refractivity contribution in [2.45, 2.75) is 19.3 Å². The Bertz CT molecular complexity index is 521. The van der Waals surface area contributed by atoms with E-state index in [0.717, 1.165) is 18.4 Å². The summed E-state index contributed by atoms with van der Waals surface area (Å²) in [7, 11) is 0. The average molecular weight is 175 g/mol. The normalized spacial score (nSPS) is 15.1. The number of aromatic amines is 1. The van der Waals surface area contributed by atoms with E-state index in [1.165, 1.54) is 17.5 Å². The molecule has 1 heterocycles. The topological polar surface area (TPSA) is 46.0 Å². The Morgan fingerprint density at radius 2 is 2.23 bits per heavy atom. The van der Waals surface area contributed by atoms with Gasteiger partial charge in [-0.3, -0.25) is 4.98 Å². The fourth-order valence-corrected chi connectivity index (χ4v) is 2.09. The van der Waals surface area contributed by atoms with Gasteiger partial charge in [0, 0.05) is 0 Å². The number of nitrogens with one attached hydrogen (secondary N) is 1. The molecule has 66 valence electrons. The van der Waals surface area contributed by atoms with E-state index in [4.69, 9.17) is 4.42 Å². The van der Waals surface area contributed by atoms with Crippen LogP contribution in [0.1, 0.15) is 17.5 Å². The molecule has 0 aliphatic heterocycles. The molecule has 0 spiro atoms. The van der Waals surface area contributed by atoms with Gasteiger partial charge in [0.1, 0.15) is 0 Å². The zero-order chi connectivity index (χ0) is 8.84. The monoisotopic (exact) mass is 175 g/mol. The van der Waals surface area contributed by atoms with Crippen LogP contribution in [-0.2, 0) is 12.8 Å². The number of H-pyrrole nitrogens is 1. The van der Waals surface area contributed by atoms with Crippen LogP contribution in [0.4, 0.5) is 0 Å². The lowest BCUT2D eigenvalue weighted by Gasteiger charge is -1.97. The molecule has 0 amide bonds. The lowest BCUT2D eigenvalue weighted by molar-refractivity contribution is 0.555. The number of aryl methyl sites for hydroxylation is 2. The second-order valence-electron chi connectivity index (χ2n) is 3.44. The van der Waals surface area contributed by atoms with Crippen molar-refractivity contribution in [3.8, 4) is 0 Å². The summed E-state index contributed by atoms with van der Waals surface area (Å²) in [5, 5.41) is 0. The predicted octanol–water partition coefficient (Wildman–Crippen LogP) is 1.61. The lowest BCUT2D eigenvalue weighted by Crippen LogP contribution is -1.94. The van der Waals surface area contributed by atoms with E-state index < -0.39 is 0 Å². The first kappa shape index (κ1) is 6.95. The summed E-state index contributed by atoms with van der Waals surface area (Å²) < 4.78 is 4.98. The maximum absolute atomic E-state index is 11.0. The van der Waals surface area contributed by atoms with Gasteiger partial charge < -0.3 is 4.42 Å². The molecule has 0 radical (unpaired) electrons. The van der Waals surface area contributed by atoms with Crippen molar-refractivity contribution >= 4 is 11.1 Å². The van der Waals surface area contributed by atoms with Gasteiger partial charge in [-0.05, 0) is 36.5 Å². The van der Waals surface area contributed by atoms with Crippen LogP contribution in [0.15, 0.2) is 21.3 Å². The smallest absolute Gasteiger partial charge is 0.408 e. The van der Waals surface area contributed by atoms with Crippen LogP contribution >= 0.6 is 0 Å². The van der Waals surface area contributed by atoms with Gasteiger partial charge in [-0.2, -0.15) is 0 Å². The molecular weight excluding hydrogens is 166 g/mol. The SMILES string of the molecule is O=c1[nH]c2c3c(ccc2o1)CCC3. The van der Waals surface area contributed by atoms with Crippen molar-refractivity contribution in [3.05, 3.63) is 33.8 Å². The first-order valence-corrected chi connectivity index (χ1v) is 4.48. The molecular formula is C10H9NO2. The van der Waals surface area contributed by atoms with Gasteiger partial charge in [0.2, 0.25) is 0 Å². The van der Waals surface area contributed by atoms with Gasteiger partial charge in [-0.25, -0.2) is 4.79 Å². The predicted molar refractivity (Wildman–Crippen MR) is 48.9 cm³/mol. The minimum Gasteiger partial charge on any atom is -0.408 e. The molecule has 1 aliphatic rings. The molecule has 1 N–H and O–H groups in total. The fraction of sp³-hybridized carbons (Fsp3) is 0.300. The standard InChI is InChI=1S/C10H9NO2/c12-10-11-9-7-3-1-2-6(7)4-5-8(9)13-10/h4-5H,1-3H2,(H,11,12). The van der Waals surface area contributed by atoms with Gasteiger partial charge in [0.05, 0.1) is 5.52 Å². The number of rotatable bonds is 0. The summed E-state index contributed by atoms with van der Waals surface area (Å²) in [5.41, 5.74) is 4.21. The highest BCUT2D eigenvalue weighted by Crippen LogP contribution is 2.27. The molecule has 0 saturated carbocycles. The Kier molecular flexibility index (Phi) is 1.20. The van der Waals surface area contributed by atoms with Crippen LogP contribution in [0.3, 0.4) is 0 Å². The van der Waals surface area contributed by atoms with Gasteiger partial charge in [-0.15, -0.1) is 0 Å². The zero-order valence-electron chi connectivity index (χ0n) is 7.09. The first-order chi connectivity index (χ1) is 6.34. The Morgan fingerprint density at radius 3 is 3.15 bits per heavy atom. The van der Waals surface area contributed by atoms with Crippen molar-refractivity contribution in [1.29, 1.82) is 0 Å². The summed E-state index contributed by atoms with van der Waals surface area (Å²) in [6.07, 6.45) is 3.36. The quantitative estimate of drug-likeness (QED) is 0.661. The Morgan fingerprint density at radius 1 is 1.31 bits per heavy atom. The number of benzene rings is 1. The number of aromatic nitrogens is 1. The third-order valence-corrected chi connectivity index (χ3v) is 2.67. The fourth-order valence-electron chi connectivity index (χ4n) is 2.09. The summed E-state index contributed by atoms with van der Waals surface area (Å²) >= 11 is 0. The van der Waals surface area contributed by atoms with Crippen LogP contribution in [-0.4, -0.2) is 4.98 Å². The molecule has 0 unspecified atom stereocenters. The van der Waals surface area contributed by atoms with Crippen LogP contribution in [0.25, 0.3) is 11.1 Å². The van der Waals surface area contributed by atoms with Crippen molar-refractivity contribution in [3.63, 3.8) is 0 Å². The van der Waals surface area contributed by atoms with Crippen molar-refractivity contribution in [2.24, 2.45) is 0 Å². The van der Waals surface area contributed by atoms with Crippen molar-refractivity contribution < 1.29 is 4.42 Å². The number of hydrogen-bond acceptors (Lipinski definition) is 2. The van der Waals surface area contributed by atoms with Crippen molar-refractivity contribution in [1.82, 2.24) is 4.98 Å². The molecule has 0 atom stereocenters. The first-order valence-electron chi connectivity index (χ1n) is 4.48. The van der Waals surface area contributed by atoms with E-state index in [-0.39, 0.29) is 5.76 Å². The third-order valence-electron chi connectivity index (χ3n) is 2.67. The Balaban J connectivity index is 2.49. The highest BCUT2D eigenvalue weighted by atomic mass is 16.4. The minimum atomic E-state index is -0.352. The highest BCUT2D eigenvalue weighted by Gasteiger charge is 2.15. The van der Waals surface area contributed by atoms with Gasteiger partial charge in [0.15, 0.2) is 5.58 Å². The second-order valence-corrected chi connectivity index (χ2v) is 3.44. The molecule has 3 nitrogen and oxygen atoms in total. The highest BCUT2D eigenvalue weighted by molar-refractivity contribution is 5.78. The molecule has 1 aromatic carbocycles. The third kappa shape index (κ3) is 0.869. The van der Waals surface area contributed by atoms with E-state index in [1.807, 2.05) is 6.07 Å². The van der Waals surface area contributed by atoms with Crippen LogP contribution in [0, 0.1) is 0 Å². The molecule has 0 fully saturated rings. The maximum atomic E-state index is 11.0. The molecule has 13 heavy (non-hydrogen) atoms. The Labute approximate surface area is 74.4 Å². The summed E-state index contributed by atoms with van der Waals surface area (Å²) in [6.45, 7) is 0. The lowest BCUT2D eigenvalue weighted by atomic mass is 10.1. The summed E-state index contributed by atoms with van der Waals surface area (Å²) in [5.74, 6) is -0.352. The minimum absolute atomic E-state index is 0.352. The van der Waals surface area contributed by atoms with E-state index in [0.29, 0.717) is 5.58 Å². The molecule has 1 aliphatic carbocycles. The number of hydrogen-bond donors (Lipinski definition) is 1. The largest absolute Gasteiger partial charge is 0.417 e. The summed E-state index contributed by atoms with van der Waals surface area (Å²) in [6, 6.07) is 3.93. The average Bonchev–Trinajstić information content (AvgIpc) is 2.65. The van der Waals surface area contributed by atoms with Crippen LogP contribution in [0.5, 0.6) is 0 Å². The van der Waals surface area contributed by atoms with Crippen molar-refractivity contribution in [2.75, 3.05) is 0 Å². The van der Waals surface area contributed by atoms with E-state index in [9.17, 15) is 4.79 Å². The molecule has 1 aromatic heterocycles. The zero-order valence-corrected chi connectivity index (χ0v) is 7.09. The molecule has 3 heteroatoms. The van der Waals surface area contributed by atoms with Gasteiger partial charge in [0.25, 0.3) is 0 Å². The van der Waals surface area contributed by atoms with E-state index in [2.05, 4.69) is 11.1 Å². The number of fused-ring (bicyclic) bond motifs is 3. The van der Waals surface area contributed by atoms with E-state index in [1.54, 1.807) is 0 Å². The molecule has 0 saturated heterocycles. The molecule has 2 aromatic rings. The molecule has 0 bridgehead atoms.